The first-order chi connectivity index (χ1) is 10.1. The number of hydrogen-bond donors (Lipinski definition) is 2. The molecule has 116 valence electrons. The van der Waals surface area contributed by atoms with Gasteiger partial charge in [0.05, 0.1) is 6.54 Å². The molecule has 1 aromatic rings. The van der Waals surface area contributed by atoms with Crippen LogP contribution in [-0.2, 0) is 11.2 Å². The minimum absolute atomic E-state index is 0.0208. The maximum Gasteiger partial charge on any atom is 0.234 e. The number of benzene rings is 1. The maximum absolute atomic E-state index is 13.6. The monoisotopic (exact) mass is 297 g/mol. The standard InChI is InChI=1S/C15H21F2N3O/c1-11(9-12-13(16)3-2-4-14(12)17)19-15(21)10-20-7-5-18-6-8-20/h2-4,11,18H,5-10H2,1H3,(H,19,21). The molecule has 0 saturated carbocycles. The summed E-state index contributed by atoms with van der Waals surface area (Å²) in [6.07, 6.45) is 0.145. The molecule has 1 amide bonds. The van der Waals surface area contributed by atoms with E-state index in [1.54, 1.807) is 6.92 Å². The average molecular weight is 297 g/mol. The van der Waals surface area contributed by atoms with Crippen molar-refractivity contribution in [2.45, 2.75) is 19.4 Å². The minimum atomic E-state index is -0.571. The van der Waals surface area contributed by atoms with E-state index in [4.69, 9.17) is 0 Å². The van der Waals surface area contributed by atoms with Gasteiger partial charge in [-0.1, -0.05) is 6.07 Å². The van der Waals surface area contributed by atoms with Crippen LogP contribution >= 0.6 is 0 Å². The van der Waals surface area contributed by atoms with Crippen LogP contribution in [0.5, 0.6) is 0 Å². The Kier molecular flexibility index (Phi) is 5.64. The van der Waals surface area contributed by atoms with Crippen LogP contribution in [0.4, 0.5) is 8.78 Å². The van der Waals surface area contributed by atoms with Crippen molar-refractivity contribution in [2.75, 3.05) is 32.7 Å². The van der Waals surface area contributed by atoms with Gasteiger partial charge in [-0.15, -0.1) is 0 Å². The first kappa shape index (κ1) is 15.9. The molecule has 1 heterocycles. The highest BCUT2D eigenvalue weighted by atomic mass is 19.1. The molecule has 2 N–H and O–H groups in total. The number of carbonyl (C=O) groups is 1. The number of rotatable bonds is 5. The molecule has 21 heavy (non-hydrogen) atoms. The van der Waals surface area contributed by atoms with E-state index >= 15 is 0 Å². The van der Waals surface area contributed by atoms with E-state index in [0.717, 1.165) is 26.2 Å². The summed E-state index contributed by atoms with van der Waals surface area (Å²) < 4.78 is 27.1. The van der Waals surface area contributed by atoms with Crippen LogP contribution in [-0.4, -0.2) is 49.6 Å². The van der Waals surface area contributed by atoms with Crippen LogP contribution < -0.4 is 10.6 Å². The summed E-state index contributed by atoms with van der Waals surface area (Å²) in [5.74, 6) is -1.25. The van der Waals surface area contributed by atoms with Gasteiger partial charge in [0.2, 0.25) is 5.91 Å². The second-order valence-electron chi connectivity index (χ2n) is 5.40. The summed E-state index contributed by atoms with van der Waals surface area (Å²) in [6, 6.07) is 3.48. The molecule has 1 saturated heterocycles. The number of nitrogens with zero attached hydrogens (tertiary/aromatic N) is 1. The zero-order valence-corrected chi connectivity index (χ0v) is 12.2. The summed E-state index contributed by atoms with van der Waals surface area (Å²) >= 11 is 0. The lowest BCUT2D eigenvalue weighted by Crippen LogP contribution is -2.48. The molecular weight excluding hydrogens is 276 g/mol. The van der Waals surface area contributed by atoms with Gasteiger partial charge in [0, 0.05) is 37.8 Å². The van der Waals surface area contributed by atoms with Crippen molar-refractivity contribution in [3.63, 3.8) is 0 Å². The maximum atomic E-state index is 13.6. The Labute approximate surface area is 123 Å². The molecule has 2 rings (SSSR count). The van der Waals surface area contributed by atoms with Crippen molar-refractivity contribution in [1.29, 1.82) is 0 Å². The van der Waals surface area contributed by atoms with Crippen molar-refractivity contribution in [3.05, 3.63) is 35.4 Å². The average Bonchev–Trinajstić information content (AvgIpc) is 2.44. The predicted molar refractivity (Wildman–Crippen MR) is 77.0 cm³/mol. The van der Waals surface area contributed by atoms with E-state index < -0.39 is 11.6 Å². The first-order valence-corrected chi connectivity index (χ1v) is 7.21. The third-order valence-electron chi connectivity index (χ3n) is 3.56. The van der Waals surface area contributed by atoms with Gasteiger partial charge in [-0.05, 0) is 25.5 Å². The zero-order valence-electron chi connectivity index (χ0n) is 12.2. The molecule has 6 heteroatoms. The molecule has 1 aromatic carbocycles. The lowest BCUT2D eigenvalue weighted by molar-refractivity contribution is -0.123. The van der Waals surface area contributed by atoms with Crippen LogP contribution in [0.15, 0.2) is 18.2 Å². The van der Waals surface area contributed by atoms with Crippen LogP contribution in [0, 0.1) is 11.6 Å². The smallest absolute Gasteiger partial charge is 0.234 e. The molecule has 1 aliphatic heterocycles. The highest BCUT2D eigenvalue weighted by Crippen LogP contribution is 2.14. The second kappa shape index (κ2) is 7.47. The van der Waals surface area contributed by atoms with Crippen molar-refractivity contribution in [1.82, 2.24) is 15.5 Å². The van der Waals surface area contributed by atoms with Gasteiger partial charge in [0.15, 0.2) is 0 Å². The third kappa shape index (κ3) is 4.75. The largest absolute Gasteiger partial charge is 0.352 e. The van der Waals surface area contributed by atoms with Crippen molar-refractivity contribution in [3.8, 4) is 0 Å². The highest BCUT2D eigenvalue weighted by molar-refractivity contribution is 5.78. The van der Waals surface area contributed by atoms with Crippen LogP contribution in [0.3, 0.4) is 0 Å². The molecular formula is C15H21F2N3O. The molecule has 0 aliphatic carbocycles. The number of halogens is 2. The van der Waals surface area contributed by atoms with Gasteiger partial charge in [0.1, 0.15) is 11.6 Å². The summed E-state index contributed by atoms with van der Waals surface area (Å²) in [4.78, 5) is 14.0. The van der Waals surface area contributed by atoms with E-state index in [-0.39, 0.29) is 23.9 Å². The minimum Gasteiger partial charge on any atom is -0.352 e. The zero-order chi connectivity index (χ0) is 15.2. The molecule has 4 nitrogen and oxygen atoms in total. The second-order valence-corrected chi connectivity index (χ2v) is 5.40. The number of piperazine rings is 1. The van der Waals surface area contributed by atoms with Crippen molar-refractivity contribution < 1.29 is 13.6 Å². The van der Waals surface area contributed by atoms with Crippen LogP contribution in [0.1, 0.15) is 12.5 Å². The Hall–Kier alpha value is -1.53. The van der Waals surface area contributed by atoms with Gasteiger partial charge in [-0.2, -0.15) is 0 Å². The van der Waals surface area contributed by atoms with Crippen LogP contribution in [0.2, 0.25) is 0 Å². The van der Waals surface area contributed by atoms with Crippen LogP contribution in [0.25, 0.3) is 0 Å². The van der Waals surface area contributed by atoms with Gasteiger partial charge < -0.3 is 10.6 Å². The lowest BCUT2D eigenvalue weighted by Gasteiger charge is -2.27. The highest BCUT2D eigenvalue weighted by Gasteiger charge is 2.17. The fraction of sp³-hybridized carbons (Fsp3) is 0.533. The fourth-order valence-electron chi connectivity index (χ4n) is 2.48. The van der Waals surface area contributed by atoms with Gasteiger partial charge in [-0.25, -0.2) is 8.78 Å². The van der Waals surface area contributed by atoms with E-state index in [1.165, 1.54) is 18.2 Å². The molecule has 0 bridgehead atoms. The molecule has 0 aromatic heterocycles. The summed E-state index contributed by atoms with van der Waals surface area (Å²) in [5.41, 5.74) is 0.0208. The SMILES string of the molecule is CC(Cc1c(F)cccc1F)NC(=O)CN1CCNCC1. The quantitative estimate of drug-likeness (QED) is 0.849. The fourth-order valence-corrected chi connectivity index (χ4v) is 2.48. The molecule has 1 unspecified atom stereocenters. The molecule has 0 radical (unpaired) electrons. The Bertz CT molecular complexity index is 470. The van der Waals surface area contributed by atoms with E-state index in [9.17, 15) is 13.6 Å². The Morgan fingerprint density at radius 1 is 1.33 bits per heavy atom. The molecule has 0 spiro atoms. The first-order valence-electron chi connectivity index (χ1n) is 7.21. The van der Waals surface area contributed by atoms with E-state index in [2.05, 4.69) is 15.5 Å². The lowest BCUT2D eigenvalue weighted by atomic mass is 10.1. The molecule has 1 aliphatic rings. The van der Waals surface area contributed by atoms with E-state index in [0.29, 0.717) is 6.54 Å². The predicted octanol–water partition coefficient (Wildman–Crippen LogP) is 0.917. The van der Waals surface area contributed by atoms with Gasteiger partial charge in [-0.3, -0.25) is 9.69 Å². The van der Waals surface area contributed by atoms with Crippen molar-refractivity contribution in [2.24, 2.45) is 0 Å². The van der Waals surface area contributed by atoms with Gasteiger partial charge in [0.25, 0.3) is 0 Å². The summed E-state index contributed by atoms with van der Waals surface area (Å²) in [6.45, 7) is 5.51. The third-order valence-corrected chi connectivity index (χ3v) is 3.56. The Morgan fingerprint density at radius 3 is 2.57 bits per heavy atom. The Morgan fingerprint density at radius 2 is 1.95 bits per heavy atom. The number of hydrogen-bond acceptors (Lipinski definition) is 3. The number of carbonyl (C=O) groups excluding carboxylic acids is 1. The number of amides is 1. The molecule has 1 atom stereocenters. The normalized spacial score (nSPS) is 17.5. The topological polar surface area (TPSA) is 44.4 Å². The van der Waals surface area contributed by atoms with Gasteiger partial charge >= 0.3 is 0 Å². The van der Waals surface area contributed by atoms with E-state index in [1.807, 2.05) is 0 Å². The number of nitrogens with one attached hydrogen (secondary N) is 2. The van der Waals surface area contributed by atoms with Crippen molar-refractivity contribution >= 4 is 5.91 Å². The molecule has 1 fully saturated rings. The Balaban J connectivity index is 1.83. The summed E-state index contributed by atoms with van der Waals surface area (Å²) in [5, 5.41) is 6.01. The summed E-state index contributed by atoms with van der Waals surface area (Å²) in [7, 11) is 0.